The average molecular weight is 457 g/mol. The molecule has 4 N–H and O–H groups in total. The molecule has 2 aromatic rings. The van der Waals surface area contributed by atoms with Gasteiger partial charge in [-0.2, -0.15) is 16.8 Å². The van der Waals surface area contributed by atoms with Gasteiger partial charge in [0.2, 0.25) is 0 Å². The third kappa shape index (κ3) is 3.79. The molecule has 27 heavy (non-hydrogen) atoms. The van der Waals surface area contributed by atoms with Crippen molar-refractivity contribution >= 4 is 49.1 Å². The van der Waals surface area contributed by atoms with Crippen LogP contribution in [0.3, 0.4) is 0 Å². The van der Waals surface area contributed by atoms with E-state index in [1.165, 1.54) is 0 Å². The SMILES string of the molecule is Nc1c(S(=O)(=O)O)cc(Cl)c2c1C(=O)c1ccc(S(=O)(=O)O)cc1C2=O.[K+]. The van der Waals surface area contributed by atoms with E-state index < -0.39 is 63.4 Å². The van der Waals surface area contributed by atoms with Gasteiger partial charge in [0.25, 0.3) is 20.2 Å². The van der Waals surface area contributed by atoms with E-state index in [0.717, 1.165) is 18.2 Å². The number of anilines is 1. The number of hydrogen-bond acceptors (Lipinski definition) is 7. The van der Waals surface area contributed by atoms with E-state index in [-0.39, 0.29) is 62.5 Å². The van der Waals surface area contributed by atoms with E-state index in [4.69, 9.17) is 21.9 Å². The first kappa shape index (κ1) is 22.6. The van der Waals surface area contributed by atoms with Gasteiger partial charge in [-0.25, -0.2) is 0 Å². The van der Waals surface area contributed by atoms with Crippen molar-refractivity contribution in [2.75, 3.05) is 5.73 Å². The van der Waals surface area contributed by atoms with Gasteiger partial charge in [-0.3, -0.25) is 18.7 Å². The second-order valence-corrected chi connectivity index (χ2v) is 8.55. The number of hydrogen-bond donors (Lipinski definition) is 3. The molecular formula is C14H8ClKNO8S2+. The molecule has 0 radical (unpaired) electrons. The summed E-state index contributed by atoms with van der Waals surface area (Å²) in [5, 5.41) is -0.469. The standard InChI is InChI=1S/C14H8ClNO8S2.K/c15-8-4-9(26(22,23)24)12(16)11-10(8)14(18)7-3-5(25(19,20)21)1-2-6(7)13(11)17;/h1-4H,16H2,(H,19,20,21)(H,22,23,24);/q;+1. The smallest absolute Gasteiger partial charge is 0.397 e. The second-order valence-electron chi connectivity index (χ2n) is 5.34. The minimum Gasteiger partial charge on any atom is -0.397 e. The van der Waals surface area contributed by atoms with E-state index in [2.05, 4.69) is 0 Å². The number of halogens is 1. The van der Waals surface area contributed by atoms with Crippen molar-refractivity contribution in [1.29, 1.82) is 0 Å². The molecule has 0 bridgehead atoms. The third-order valence-corrected chi connectivity index (χ3v) is 5.83. The Bertz CT molecular complexity index is 1240. The van der Waals surface area contributed by atoms with Crippen LogP contribution in [-0.2, 0) is 20.2 Å². The summed E-state index contributed by atoms with van der Waals surface area (Å²) in [6.45, 7) is 0. The van der Waals surface area contributed by atoms with Crippen molar-refractivity contribution in [1.82, 2.24) is 0 Å². The van der Waals surface area contributed by atoms with E-state index in [1.54, 1.807) is 0 Å². The monoisotopic (exact) mass is 456 g/mol. The van der Waals surface area contributed by atoms with Crippen molar-refractivity contribution in [3.8, 4) is 0 Å². The molecule has 0 atom stereocenters. The maximum absolute atomic E-state index is 12.7. The molecule has 1 aliphatic rings. The third-order valence-electron chi connectivity index (χ3n) is 3.79. The topological polar surface area (TPSA) is 169 Å². The molecule has 1 aliphatic carbocycles. The number of rotatable bonds is 2. The molecule has 3 rings (SSSR count). The van der Waals surface area contributed by atoms with Gasteiger partial charge < -0.3 is 5.73 Å². The first-order valence-corrected chi connectivity index (χ1v) is 9.90. The van der Waals surface area contributed by atoms with Crippen LogP contribution in [0.15, 0.2) is 34.1 Å². The van der Waals surface area contributed by atoms with Crippen LogP contribution in [0.25, 0.3) is 0 Å². The Balaban J connectivity index is 0.00000261. The number of nitrogens with two attached hydrogens (primary N) is 1. The van der Waals surface area contributed by atoms with Crippen LogP contribution in [0.2, 0.25) is 5.02 Å². The Labute approximate surface area is 200 Å². The largest absolute Gasteiger partial charge is 1.00 e. The zero-order valence-corrected chi connectivity index (χ0v) is 18.9. The molecule has 0 amide bonds. The predicted molar refractivity (Wildman–Crippen MR) is 88.8 cm³/mol. The fourth-order valence-electron chi connectivity index (χ4n) is 2.65. The Hall–Kier alpha value is -0.674. The normalized spacial score (nSPS) is 13.6. The fourth-order valence-corrected chi connectivity index (χ4v) is 4.16. The Kier molecular flexibility index (Phi) is 6.11. The van der Waals surface area contributed by atoms with Crippen LogP contribution in [0.1, 0.15) is 31.8 Å². The average Bonchev–Trinajstić information content (AvgIpc) is 2.51. The first-order chi connectivity index (χ1) is 11.8. The van der Waals surface area contributed by atoms with E-state index in [9.17, 15) is 31.0 Å². The van der Waals surface area contributed by atoms with Gasteiger partial charge in [-0.1, -0.05) is 11.6 Å². The molecule has 0 aliphatic heterocycles. The summed E-state index contributed by atoms with van der Waals surface area (Å²) in [7, 11) is -9.45. The molecule has 0 fully saturated rings. The van der Waals surface area contributed by atoms with Gasteiger partial charge >= 0.3 is 51.4 Å². The van der Waals surface area contributed by atoms with Gasteiger partial charge in [0, 0.05) is 11.1 Å². The van der Waals surface area contributed by atoms with Crippen LogP contribution < -0.4 is 57.1 Å². The van der Waals surface area contributed by atoms with Gasteiger partial charge in [0.05, 0.1) is 26.7 Å². The number of ketones is 2. The summed E-state index contributed by atoms with van der Waals surface area (Å²) in [5.41, 5.74) is 3.46. The van der Waals surface area contributed by atoms with Gasteiger partial charge in [-0.15, -0.1) is 0 Å². The van der Waals surface area contributed by atoms with Gasteiger partial charge in [0.15, 0.2) is 11.6 Å². The first-order valence-electron chi connectivity index (χ1n) is 6.64. The number of nitrogen functional groups attached to an aromatic ring is 1. The molecule has 0 spiro atoms. The van der Waals surface area contributed by atoms with Crippen molar-refractivity contribution in [2.24, 2.45) is 0 Å². The Morgan fingerprint density at radius 1 is 0.852 bits per heavy atom. The Morgan fingerprint density at radius 3 is 1.93 bits per heavy atom. The summed E-state index contributed by atoms with van der Waals surface area (Å²) >= 11 is 5.91. The minimum atomic E-state index is -4.82. The molecule has 9 nitrogen and oxygen atoms in total. The second kappa shape index (κ2) is 7.30. The molecule has 0 unspecified atom stereocenters. The van der Waals surface area contributed by atoms with Crippen molar-refractivity contribution in [3.63, 3.8) is 0 Å². The van der Waals surface area contributed by atoms with Crippen molar-refractivity contribution in [3.05, 3.63) is 51.5 Å². The molecule has 0 saturated carbocycles. The summed E-state index contributed by atoms with van der Waals surface area (Å²) in [4.78, 5) is 23.9. The molecule has 136 valence electrons. The maximum Gasteiger partial charge on any atom is 1.00 e. The summed E-state index contributed by atoms with van der Waals surface area (Å²) < 4.78 is 63.6. The Morgan fingerprint density at radius 2 is 1.41 bits per heavy atom. The number of carbonyl (C=O) groups excluding carboxylic acids is 2. The van der Waals surface area contributed by atoms with Gasteiger partial charge in [-0.05, 0) is 24.3 Å². The quantitative estimate of drug-likeness (QED) is 0.228. The molecule has 13 heteroatoms. The van der Waals surface area contributed by atoms with Crippen LogP contribution in [0, 0.1) is 0 Å². The van der Waals surface area contributed by atoms with E-state index in [1.807, 2.05) is 0 Å². The van der Waals surface area contributed by atoms with Gasteiger partial charge in [0.1, 0.15) is 4.90 Å². The fraction of sp³-hybridized carbons (Fsp3) is 0. The molecule has 0 saturated heterocycles. The molecular weight excluding hydrogens is 449 g/mol. The summed E-state index contributed by atoms with van der Waals surface area (Å²) in [6, 6.07) is 3.40. The predicted octanol–water partition coefficient (Wildman–Crippen LogP) is -1.80. The summed E-state index contributed by atoms with van der Waals surface area (Å²) in [5.74, 6) is -1.78. The van der Waals surface area contributed by atoms with E-state index in [0.29, 0.717) is 6.07 Å². The zero-order chi connectivity index (χ0) is 19.6. The minimum absolute atomic E-state index is 0. The van der Waals surface area contributed by atoms with Crippen LogP contribution in [-0.4, -0.2) is 37.5 Å². The van der Waals surface area contributed by atoms with Crippen LogP contribution >= 0.6 is 11.6 Å². The summed E-state index contributed by atoms with van der Waals surface area (Å²) in [6.07, 6.45) is 0. The van der Waals surface area contributed by atoms with Crippen LogP contribution in [0.4, 0.5) is 5.69 Å². The van der Waals surface area contributed by atoms with E-state index >= 15 is 0 Å². The molecule has 0 aromatic heterocycles. The molecule has 2 aromatic carbocycles. The van der Waals surface area contributed by atoms with Crippen molar-refractivity contribution < 1.29 is 86.9 Å². The number of fused-ring (bicyclic) bond motifs is 2. The number of carbonyl (C=O) groups is 2. The number of benzene rings is 2. The van der Waals surface area contributed by atoms with Crippen molar-refractivity contribution in [2.45, 2.75) is 9.79 Å². The van der Waals surface area contributed by atoms with Crippen LogP contribution in [0.5, 0.6) is 0 Å². The zero-order valence-electron chi connectivity index (χ0n) is 13.4. The molecule has 0 heterocycles. The maximum atomic E-state index is 12.7.